The summed E-state index contributed by atoms with van der Waals surface area (Å²) >= 11 is 0. The molecule has 1 amide bonds. The van der Waals surface area contributed by atoms with E-state index in [0.29, 0.717) is 5.56 Å². The molecule has 0 aliphatic carbocycles. The molecule has 19 heavy (non-hydrogen) atoms. The number of carboxylic acids is 1. The normalized spacial score (nSPS) is 11.9. The van der Waals surface area contributed by atoms with Crippen molar-refractivity contribution < 1.29 is 23.8 Å². The van der Waals surface area contributed by atoms with Crippen LogP contribution >= 0.6 is 0 Å². The van der Waals surface area contributed by atoms with Crippen molar-refractivity contribution in [3.63, 3.8) is 0 Å². The van der Waals surface area contributed by atoms with Crippen molar-refractivity contribution in [3.05, 3.63) is 35.6 Å². The number of ether oxygens (including phenoxy) is 1. The zero-order chi connectivity index (χ0) is 14.4. The lowest BCUT2D eigenvalue weighted by atomic mass is 10.2. The molecule has 1 atom stereocenters. The van der Waals surface area contributed by atoms with E-state index in [1.54, 1.807) is 18.2 Å². The van der Waals surface area contributed by atoms with Crippen LogP contribution in [0.2, 0.25) is 0 Å². The molecule has 5 nitrogen and oxygen atoms in total. The van der Waals surface area contributed by atoms with Gasteiger partial charge in [-0.15, -0.1) is 0 Å². The molecule has 0 aliphatic rings. The molecule has 1 rings (SSSR count). The first-order chi connectivity index (χ1) is 8.91. The molecule has 0 saturated carbocycles. The van der Waals surface area contributed by atoms with Gasteiger partial charge in [-0.05, 0) is 13.0 Å². The maximum Gasteiger partial charge on any atom is 0.332 e. The molecule has 1 aromatic carbocycles. The highest BCUT2D eigenvalue weighted by molar-refractivity contribution is 5.78. The third-order valence-corrected chi connectivity index (χ3v) is 2.60. The van der Waals surface area contributed by atoms with Gasteiger partial charge >= 0.3 is 5.97 Å². The Morgan fingerprint density at radius 3 is 2.63 bits per heavy atom. The van der Waals surface area contributed by atoms with Crippen LogP contribution < -0.4 is 0 Å². The van der Waals surface area contributed by atoms with Gasteiger partial charge in [-0.2, -0.15) is 0 Å². The van der Waals surface area contributed by atoms with Gasteiger partial charge in [-0.1, -0.05) is 18.2 Å². The number of carbonyl (C=O) groups excluding carboxylic acids is 1. The van der Waals surface area contributed by atoms with Crippen molar-refractivity contribution in [2.24, 2.45) is 0 Å². The molecular weight excluding hydrogens is 253 g/mol. The third-order valence-electron chi connectivity index (χ3n) is 2.60. The summed E-state index contributed by atoms with van der Waals surface area (Å²) in [7, 11) is 1.50. The minimum absolute atomic E-state index is 0.107. The zero-order valence-corrected chi connectivity index (χ0v) is 10.8. The smallest absolute Gasteiger partial charge is 0.332 e. The van der Waals surface area contributed by atoms with Gasteiger partial charge in [-0.25, -0.2) is 9.18 Å². The van der Waals surface area contributed by atoms with Crippen LogP contribution in [0.25, 0.3) is 0 Å². The average Bonchev–Trinajstić information content (AvgIpc) is 2.37. The Labute approximate surface area is 110 Å². The lowest BCUT2D eigenvalue weighted by Crippen LogP contribution is -2.33. The summed E-state index contributed by atoms with van der Waals surface area (Å²) in [6.45, 7) is 1.10. The van der Waals surface area contributed by atoms with Crippen molar-refractivity contribution >= 4 is 11.9 Å². The molecule has 1 aromatic rings. The Hall–Kier alpha value is -1.95. The molecular formula is C13H16FNO4. The van der Waals surface area contributed by atoms with Gasteiger partial charge in [0.2, 0.25) is 5.91 Å². The first-order valence-corrected chi connectivity index (χ1v) is 5.73. The van der Waals surface area contributed by atoms with Crippen LogP contribution in [0.15, 0.2) is 24.3 Å². The fourth-order valence-electron chi connectivity index (χ4n) is 1.35. The largest absolute Gasteiger partial charge is 0.479 e. The summed E-state index contributed by atoms with van der Waals surface area (Å²) < 4.78 is 18.3. The van der Waals surface area contributed by atoms with E-state index in [-0.39, 0.29) is 19.0 Å². The van der Waals surface area contributed by atoms with Crippen LogP contribution in [0.5, 0.6) is 0 Å². The fourth-order valence-corrected chi connectivity index (χ4v) is 1.35. The molecule has 1 N–H and O–H groups in total. The van der Waals surface area contributed by atoms with Gasteiger partial charge in [0.15, 0.2) is 6.10 Å². The predicted molar refractivity (Wildman–Crippen MR) is 65.9 cm³/mol. The Morgan fingerprint density at radius 1 is 1.42 bits per heavy atom. The Balaban J connectivity index is 2.50. The molecule has 0 aliphatic heterocycles. The van der Waals surface area contributed by atoms with Crippen LogP contribution in [-0.4, -0.2) is 41.6 Å². The summed E-state index contributed by atoms with van der Waals surface area (Å²) in [5, 5.41) is 8.61. The Bertz CT molecular complexity index is 464. The van der Waals surface area contributed by atoms with Gasteiger partial charge < -0.3 is 14.7 Å². The van der Waals surface area contributed by atoms with Crippen molar-refractivity contribution in [3.8, 4) is 0 Å². The van der Waals surface area contributed by atoms with E-state index in [4.69, 9.17) is 9.84 Å². The van der Waals surface area contributed by atoms with Crippen molar-refractivity contribution in [2.45, 2.75) is 19.6 Å². The SMILES string of the molecule is C[C@@H](OCC(=O)N(C)Cc1ccccc1F)C(=O)O. The minimum Gasteiger partial charge on any atom is -0.479 e. The molecule has 6 heteroatoms. The first-order valence-electron chi connectivity index (χ1n) is 5.73. The maximum atomic E-state index is 13.4. The molecule has 0 aromatic heterocycles. The quantitative estimate of drug-likeness (QED) is 0.844. The highest BCUT2D eigenvalue weighted by Crippen LogP contribution is 2.09. The number of benzene rings is 1. The molecule has 0 radical (unpaired) electrons. The van der Waals surface area contributed by atoms with Crippen LogP contribution in [-0.2, 0) is 20.9 Å². The van der Waals surface area contributed by atoms with Crippen LogP contribution in [0.3, 0.4) is 0 Å². The van der Waals surface area contributed by atoms with E-state index in [2.05, 4.69) is 0 Å². The lowest BCUT2D eigenvalue weighted by molar-refractivity contribution is -0.152. The standard InChI is InChI=1S/C13H16FNO4/c1-9(13(17)18)19-8-12(16)15(2)7-10-5-3-4-6-11(10)14/h3-6,9H,7-8H2,1-2H3,(H,17,18)/t9-/m1/s1. The third kappa shape index (κ3) is 4.67. The van der Waals surface area contributed by atoms with Gasteiger partial charge in [0.05, 0.1) is 0 Å². The molecule has 104 valence electrons. The van der Waals surface area contributed by atoms with E-state index in [0.717, 1.165) is 0 Å². The number of carboxylic acid groups (broad SMARTS) is 1. The molecule has 0 heterocycles. The summed E-state index contributed by atoms with van der Waals surface area (Å²) in [5.74, 6) is -1.93. The molecule has 0 saturated heterocycles. The van der Waals surface area contributed by atoms with Gasteiger partial charge in [0, 0.05) is 19.2 Å². The fraction of sp³-hybridized carbons (Fsp3) is 0.385. The van der Waals surface area contributed by atoms with Crippen molar-refractivity contribution in [2.75, 3.05) is 13.7 Å². The number of carbonyl (C=O) groups is 2. The van der Waals surface area contributed by atoms with Crippen molar-refractivity contribution in [1.29, 1.82) is 0 Å². The Morgan fingerprint density at radius 2 is 2.05 bits per heavy atom. The summed E-state index contributed by atoms with van der Waals surface area (Å²) in [5.41, 5.74) is 0.393. The number of hydrogen-bond donors (Lipinski definition) is 1. The van der Waals surface area contributed by atoms with Crippen LogP contribution in [0.1, 0.15) is 12.5 Å². The highest BCUT2D eigenvalue weighted by Gasteiger charge is 2.16. The monoisotopic (exact) mass is 269 g/mol. The number of aliphatic carboxylic acids is 1. The highest BCUT2D eigenvalue weighted by atomic mass is 19.1. The maximum absolute atomic E-state index is 13.4. The second-order valence-corrected chi connectivity index (χ2v) is 4.13. The topological polar surface area (TPSA) is 66.8 Å². The first kappa shape index (κ1) is 15.1. The second kappa shape index (κ2) is 6.84. The number of halogens is 1. The van der Waals surface area contributed by atoms with Gasteiger partial charge in [-0.3, -0.25) is 4.79 Å². The number of amides is 1. The van der Waals surface area contributed by atoms with Crippen molar-refractivity contribution in [1.82, 2.24) is 4.90 Å². The zero-order valence-electron chi connectivity index (χ0n) is 10.8. The number of nitrogens with zero attached hydrogens (tertiary/aromatic N) is 1. The van der Waals surface area contributed by atoms with E-state index >= 15 is 0 Å². The summed E-state index contributed by atoms with van der Waals surface area (Å²) in [4.78, 5) is 23.5. The van der Waals surface area contributed by atoms with E-state index in [1.807, 2.05) is 0 Å². The van der Waals surface area contributed by atoms with Gasteiger partial charge in [0.25, 0.3) is 0 Å². The molecule has 0 fully saturated rings. The molecule has 0 bridgehead atoms. The minimum atomic E-state index is -1.13. The van der Waals surface area contributed by atoms with Gasteiger partial charge in [0.1, 0.15) is 12.4 Å². The Kier molecular flexibility index (Phi) is 5.44. The summed E-state index contributed by atoms with van der Waals surface area (Å²) in [6, 6.07) is 6.15. The average molecular weight is 269 g/mol. The molecule has 0 spiro atoms. The van der Waals surface area contributed by atoms with Crippen LogP contribution in [0.4, 0.5) is 4.39 Å². The molecule has 0 unspecified atom stereocenters. The number of rotatable bonds is 6. The summed E-state index contributed by atoms with van der Waals surface area (Å²) in [6.07, 6.45) is -1.05. The second-order valence-electron chi connectivity index (χ2n) is 4.13. The predicted octanol–water partition coefficient (Wildman–Crippen LogP) is 1.27. The van der Waals surface area contributed by atoms with E-state index < -0.39 is 18.0 Å². The van der Waals surface area contributed by atoms with E-state index in [9.17, 15) is 14.0 Å². The lowest BCUT2D eigenvalue weighted by Gasteiger charge is -2.18. The van der Waals surface area contributed by atoms with E-state index in [1.165, 1.54) is 24.9 Å². The van der Waals surface area contributed by atoms with Crippen LogP contribution in [0, 0.1) is 5.82 Å². The number of hydrogen-bond acceptors (Lipinski definition) is 3. The number of likely N-dealkylation sites (N-methyl/N-ethyl adjacent to an activating group) is 1.